The normalized spacial score (nSPS) is 12.2. The Hall–Kier alpha value is -1.62. The van der Waals surface area contributed by atoms with Crippen LogP contribution >= 0.6 is 11.6 Å². The first-order valence-corrected chi connectivity index (χ1v) is 6.78. The van der Waals surface area contributed by atoms with Crippen LogP contribution in [0, 0.1) is 0 Å². The second-order valence-electron chi connectivity index (χ2n) is 4.58. The summed E-state index contributed by atoms with van der Waals surface area (Å²) in [6.07, 6.45) is 5.11. The van der Waals surface area contributed by atoms with E-state index >= 15 is 0 Å². The Morgan fingerprint density at radius 3 is 2.65 bits per heavy atom. The van der Waals surface area contributed by atoms with Crippen LogP contribution in [0.2, 0.25) is 5.02 Å². The van der Waals surface area contributed by atoms with Gasteiger partial charge in [-0.1, -0.05) is 11.6 Å². The minimum absolute atomic E-state index is 0.102. The highest BCUT2D eigenvalue weighted by Crippen LogP contribution is 2.24. The van der Waals surface area contributed by atoms with Crippen LogP contribution in [0.25, 0.3) is 0 Å². The van der Waals surface area contributed by atoms with E-state index in [-0.39, 0.29) is 6.04 Å². The minimum atomic E-state index is 0.102. The summed E-state index contributed by atoms with van der Waals surface area (Å²) in [5, 5.41) is 0.695. The molecular formula is C15H18ClN3O. The summed E-state index contributed by atoms with van der Waals surface area (Å²) in [6, 6.07) is 9.68. The summed E-state index contributed by atoms with van der Waals surface area (Å²) < 4.78 is 5.36. The van der Waals surface area contributed by atoms with Crippen molar-refractivity contribution >= 4 is 11.6 Å². The van der Waals surface area contributed by atoms with Crippen molar-refractivity contribution in [1.29, 1.82) is 0 Å². The Morgan fingerprint density at radius 2 is 2.00 bits per heavy atom. The van der Waals surface area contributed by atoms with Gasteiger partial charge < -0.3 is 4.74 Å². The fraction of sp³-hybridized carbons (Fsp3) is 0.267. The van der Waals surface area contributed by atoms with Gasteiger partial charge in [0, 0.05) is 23.5 Å². The molecule has 20 heavy (non-hydrogen) atoms. The van der Waals surface area contributed by atoms with Crippen LogP contribution < -0.4 is 16.0 Å². The third-order valence-corrected chi connectivity index (χ3v) is 3.41. The van der Waals surface area contributed by atoms with Gasteiger partial charge in [-0.3, -0.25) is 16.3 Å². The fourth-order valence-electron chi connectivity index (χ4n) is 2.17. The van der Waals surface area contributed by atoms with E-state index in [0.29, 0.717) is 5.02 Å². The molecule has 1 aromatic carbocycles. The van der Waals surface area contributed by atoms with Crippen molar-refractivity contribution in [3.05, 3.63) is 58.9 Å². The second kappa shape index (κ2) is 7.24. The smallest absolute Gasteiger partial charge is 0.122 e. The number of halogens is 1. The average molecular weight is 292 g/mol. The zero-order valence-corrected chi connectivity index (χ0v) is 12.1. The molecule has 2 aromatic rings. The highest BCUT2D eigenvalue weighted by atomic mass is 35.5. The summed E-state index contributed by atoms with van der Waals surface area (Å²) in [5.41, 5.74) is 5.07. The molecule has 2 rings (SSSR count). The van der Waals surface area contributed by atoms with Crippen LogP contribution in [0.1, 0.15) is 11.1 Å². The van der Waals surface area contributed by atoms with E-state index in [0.717, 1.165) is 24.2 Å². The number of pyridine rings is 1. The number of nitrogens with two attached hydrogens (primary N) is 1. The number of hydrogen-bond donors (Lipinski definition) is 2. The van der Waals surface area contributed by atoms with Gasteiger partial charge in [0.1, 0.15) is 5.75 Å². The number of hydrogen-bond acceptors (Lipinski definition) is 4. The molecule has 0 saturated heterocycles. The van der Waals surface area contributed by atoms with Crippen molar-refractivity contribution in [1.82, 2.24) is 10.4 Å². The lowest BCUT2D eigenvalue weighted by molar-refractivity contribution is 0.404. The van der Waals surface area contributed by atoms with Crippen LogP contribution in [-0.4, -0.2) is 18.1 Å². The summed E-state index contributed by atoms with van der Waals surface area (Å²) >= 11 is 6.05. The molecule has 1 heterocycles. The molecule has 0 fully saturated rings. The highest BCUT2D eigenvalue weighted by molar-refractivity contribution is 6.30. The molecule has 0 aliphatic heterocycles. The Kier molecular flexibility index (Phi) is 5.35. The zero-order chi connectivity index (χ0) is 14.4. The molecule has 0 saturated carbocycles. The number of nitrogens with zero attached hydrogens (tertiary/aromatic N) is 1. The van der Waals surface area contributed by atoms with Crippen molar-refractivity contribution in [2.24, 2.45) is 5.84 Å². The maximum Gasteiger partial charge on any atom is 0.122 e. The van der Waals surface area contributed by atoms with Crippen molar-refractivity contribution in [2.75, 3.05) is 7.11 Å². The van der Waals surface area contributed by atoms with E-state index in [2.05, 4.69) is 10.4 Å². The van der Waals surface area contributed by atoms with E-state index in [4.69, 9.17) is 22.2 Å². The molecule has 106 valence electrons. The first kappa shape index (κ1) is 14.8. The summed E-state index contributed by atoms with van der Waals surface area (Å²) in [7, 11) is 1.65. The minimum Gasteiger partial charge on any atom is -0.496 e. The van der Waals surface area contributed by atoms with Crippen LogP contribution in [0.3, 0.4) is 0 Å². The molecule has 1 aromatic heterocycles. The Morgan fingerprint density at radius 1 is 1.25 bits per heavy atom. The molecule has 1 unspecified atom stereocenters. The first-order valence-electron chi connectivity index (χ1n) is 6.40. The topological polar surface area (TPSA) is 60.2 Å². The summed E-state index contributed by atoms with van der Waals surface area (Å²) in [6.45, 7) is 0. The van der Waals surface area contributed by atoms with Crippen molar-refractivity contribution in [2.45, 2.75) is 18.9 Å². The summed E-state index contributed by atoms with van der Waals surface area (Å²) in [4.78, 5) is 4.01. The van der Waals surface area contributed by atoms with Crippen LogP contribution in [0.15, 0.2) is 42.7 Å². The third kappa shape index (κ3) is 3.93. The third-order valence-electron chi connectivity index (χ3n) is 3.18. The molecule has 0 spiro atoms. The Labute approximate surface area is 123 Å². The number of aromatic nitrogens is 1. The maximum absolute atomic E-state index is 6.05. The largest absolute Gasteiger partial charge is 0.496 e. The number of rotatable bonds is 6. The Bertz CT molecular complexity index is 548. The van der Waals surface area contributed by atoms with E-state index in [9.17, 15) is 0 Å². The van der Waals surface area contributed by atoms with Crippen LogP contribution in [-0.2, 0) is 12.8 Å². The standard InChI is InChI=1S/C15H18ClN3O/c1-20-15-3-2-13(16)9-12(15)10-14(19-17)8-11-4-6-18-7-5-11/h2-7,9,14,19H,8,10,17H2,1H3. The van der Waals surface area contributed by atoms with E-state index in [1.165, 1.54) is 5.56 Å². The van der Waals surface area contributed by atoms with Gasteiger partial charge in [0.15, 0.2) is 0 Å². The lowest BCUT2D eigenvalue weighted by Gasteiger charge is -2.18. The number of methoxy groups -OCH3 is 1. The average Bonchev–Trinajstić information content (AvgIpc) is 2.48. The predicted octanol–water partition coefficient (Wildman–Crippen LogP) is 2.36. The molecule has 1 atom stereocenters. The maximum atomic E-state index is 6.05. The van der Waals surface area contributed by atoms with Gasteiger partial charge in [-0.05, 0) is 54.3 Å². The Balaban J connectivity index is 2.12. The molecule has 0 bridgehead atoms. The molecule has 5 heteroatoms. The molecule has 0 aliphatic carbocycles. The van der Waals surface area contributed by atoms with Crippen molar-refractivity contribution < 1.29 is 4.74 Å². The van der Waals surface area contributed by atoms with Crippen LogP contribution in [0.5, 0.6) is 5.75 Å². The van der Waals surface area contributed by atoms with E-state index < -0.39 is 0 Å². The summed E-state index contributed by atoms with van der Waals surface area (Å²) in [5.74, 6) is 6.48. The molecule has 3 N–H and O–H groups in total. The first-order chi connectivity index (χ1) is 9.72. The predicted molar refractivity (Wildman–Crippen MR) is 80.8 cm³/mol. The van der Waals surface area contributed by atoms with E-state index in [1.807, 2.05) is 30.3 Å². The second-order valence-corrected chi connectivity index (χ2v) is 5.02. The van der Waals surface area contributed by atoms with E-state index in [1.54, 1.807) is 19.5 Å². The molecule has 0 radical (unpaired) electrons. The molecular weight excluding hydrogens is 274 g/mol. The number of benzene rings is 1. The highest BCUT2D eigenvalue weighted by Gasteiger charge is 2.12. The van der Waals surface area contributed by atoms with Gasteiger partial charge >= 0.3 is 0 Å². The number of hydrazine groups is 1. The molecule has 0 aliphatic rings. The van der Waals surface area contributed by atoms with Gasteiger partial charge in [0.2, 0.25) is 0 Å². The lowest BCUT2D eigenvalue weighted by Crippen LogP contribution is -2.38. The molecule has 4 nitrogen and oxygen atoms in total. The zero-order valence-electron chi connectivity index (χ0n) is 11.3. The van der Waals surface area contributed by atoms with Crippen molar-refractivity contribution in [3.63, 3.8) is 0 Å². The van der Waals surface area contributed by atoms with Gasteiger partial charge in [0.25, 0.3) is 0 Å². The monoisotopic (exact) mass is 291 g/mol. The lowest BCUT2D eigenvalue weighted by atomic mass is 9.99. The van der Waals surface area contributed by atoms with Gasteiger partial charge in [0.05, 0.1) is 7.11 Å². The quantitative estimate of drug-likeness (QED) is 0.634. The van der Waals surface area contributed by atoms with Gasteiger partial charge in [-0.15, -0.1) is 0 Å². The van der Waals surface area contributed by atoms with Gasteiger partial charge in [-0.2, -0.15) is 0 Å². The fourth-order valence-corrected chi connectivity index (χ4v) is 2.36. The van der Waals surface area contributed by atoms with Crippen LogP contribution in [0.4, 0.5) is 0 Å². The van der Waals surface area contributed by atoms with Gasteiger partial charge in [-0.25, -0.2) is 0 Å². The number of nitrogens with one attached hydrogen (secondary N) is 1. The van der Waals surface area contributed by atoms with Crippen molar-refractivity contribution in [3.8, 4) is 5.75 Å². The number of ether oxygens (including phenoxy) is 1. The SMILES string of the molecule is COc1ccc(Cl)cc1CC(Cc1ccncc1)NN. The molecule has 0 amide bonds.